The molecule has 4 nitrogen and oxygen atoms in total. The fraction of sp³-hybridized carbons (Fsp3) is 0.238. The molecule has 0 spiro atoms. The first-order valence-electron chi connectivity index (χ1n) is 8.75. The van der Waals surface area contributed by atoms with Gasteiger partial charge in [-0.3, -0.25) is 14.6 Å². The third kappa shape index (κ3) is 3.74. The number of hydrogen-bond donors (Lipinski definition) is 0. The Labute approximate surface area is 168 Å². The third-order valence-electron chi connectivity index (χ3n) is 4.87. The first kappa shape index (κ1) is 18.1. The van der Waals surface area contributed by atoms with E-state index in [1.807, 2.05) is 42.5 Å². The van der Waals surface area contributed by atoms with Crippen molar-refractivity contribution in [3.05, 3.63) is 81.3 Å². The number of nitrogens with zero attached hydrogens (tertiary/aromatic N) is 3. The largest absolute Gasteiger partial charge is 0.292 e. The lowest BCUT2D eigenvalue weighted by molar-refractivity contribution is -0.131. The number of nitriles is 1. The van der Waals surface area contributed by atoms with Crippen molar-refractivity contribution in [3.63, 3.8) is 0 Å². The van der Waals surface area contributed by atoms with Gasteiger partial charge in [-0.05, 0) is 23.3 Å². The molecule has 1 saturated heterocycles. The number of carbonyl (C=O) groups is 1. The summed E-state index contributed by atoms with van der Waals surface area (Å²) in [6.07, 6.45) is 0.313. The lowest BCUT2D eigenvalue weighted by Gasteiger charge is -2.41. The highest BCUT2D eigenvalue weighted by molar-refractivity contribution is 8.03. The highest BCUT2D eigenvalue weighted by Crippen LogP contribution is 2.42. The number of rotatable bonds is 3. The monoisotopic (exact) mass is 395 g/mol. The van der Waals surface area contributed by atoms with E-state index in [4.69, 9.17) is 11.6 Å². The van der Waals surface area contributed by atoms with Gasteiger partial charge in [0.25, 0.3) is 0 Å². The maximum absolute atomic E-state index is 12.9. The van der Waals surface area contributed by atoms with Gasteiger partial charge in [-0.2, -0.15) is 5.26 Å². The van der Waals surface area contributed by atoms with Crippen LogP contribution in [-0.2, 0) is 11.3 Å². The first-order chi connectivity index (χ1) is 13.2. The van der Waals surface area contributed by atoms with Crippen LogP contribution in [0.5, 0.6) is 0 Å². The Morgan fingerprint density at radius 2 is 1.89 bits per heavy atom. The summed E-state index contributed by atoms with van der Waals surface area (Å²) in [6, 6.07) is 20.0. The Morgan fingerprint density at radius 3 is 2.59 bits per heavy atom. The topological polar surface area (TPSA) is 47.3 Å². The van der Waals surface area contributed by atoms with Crippen LogP contribution in [0.1, 0.15) is 23.5 Å². The number of thioether (sulfide) groups is 1. The minimum absolute atomic E-state index is 0.0641. The van der Waals surface area contributed by atoms with Crippen molar-refractivity contribution in [2.24, 2.45) is 0 Å². The van der Waals surface area contributed by atoms with Crippen LogP contribution in [0.25, 0.3) is 0 Å². The second-order valence-corrected chi connectivity index (χ2v) is 8.06. The van der Waals surface area contributed by atoms with Gasteiger partial charge in [0.1, 0.15) is 0 Å². The van der Waals surface area contributed by atoms with E-state index in [1.165, 1.54) is 5.56 Å². The molecule has 4 rings (SSSR count). The average Bonchev–Trinajstić information content (AvgIpc) is 2.69. The summed E-state index contributed by atoms with van der Waals surface area (Å²) in [5.74, 6) is 0.625. The maximum atomic E-state index is 12.9. The van der Waals surface area contributed by atoms with Gasteiger partial charge in [0.2, 0.25) is 5.91 Å². The number of halogens is 1. The smallest absolute Gasteiger partial charge is 0.229 e. The lowest BCUT2D eigenvalue weighted by atomic mass is 9.86. The van der Waals surface area contributed by atoms with Gasteiger partial charge in [-0.25, -0.2) is 0 Å². The highest BCUT2D eigenvalue weighted by Gasteiger charge is 2.38. The molecule has 0 N–H and O–H groups in total. The van der Waals surface area contributed by atoms with E-state index >= 15 is 0 Å². The van der Waals surface area contributed by atoms with Crippen molar-refractivity contribution in [1.82, 2.24) is 9.80 Å². The summed E-state index contributed by atoms with van der Waals surface area (Å²) in [6.45, 7) is 1.31. The first-order valence-corrected chi connectivity index (χ1v) is 10.1. The van der Waals surface area contributed by atoms with Crippen molar-refractivity contribution in [1.29, 1.82) is 5.26 Å². The van der Waals surface area contributed by atoms with Gasteiger partial charge in [0, 0.05) is 23.9 Å². The van der Waals surface area contributed by atoms with Crippen LogP contribution in [0.2, 0.25) is 5.02 Å². The third-order valence-corrected chi connectivity index (χ3v) is 6.33. The molecule has 2 aliphatic heterocycles. The van der Waals surface area contributed by atoms with Crippen LogP contribution in [0.3, 0.4) is 0 Å². The number of amides is 1. The molecule has 0 aromatic heterocycles. The second kappa shape index (κ2) is 7.77. The van der Waals surface area contributed by atoms with Crippen molar-refractivity contribution in [2.75, 3.05) is 12.5 Å². The molecule has 1 fully saturated rings. The summed E-state index contributed by atoms with van der Waals surface area (Å²) in [7, 11) is 0. The number of fused-ring (bicyclic) bond motifs is 1. The Kier molecular flexibility index (Phi) is 5.22. The number of benzene rings is 2. The molecular weight excluding hydrogens is 378 g/mol. The van der Waals surface area contributed by atoms with E-state index in [-0.39, 0.29) is 11.8 Å². The van der Waals surface area contributed by atoms with Crippen LogP contribution in [0, 0.1) is 11.3 Å². The van der Waals surface area contributed by atoms with Gasteiger partial charge < -0.3 is 0 Å². The molecule has 0 unspecified atom stereocenters. The van der Waals surface area contributed by atoms with Gasteiger partial charge in [-0.15, -0.1) is 0 Å². The molecule has 2 aromatic rings. The molecule has 0 saturated carbocycles. The summed E-state index contributed by atoms with van der Waals surface area (Å²) in [4.78, 5) is 16.8. The van der Waals surface area contributed by atoms with E-state index in [9.17, 15) is 10.1 Å². The summed E-state index contributed by atoms with van der Waals surface area (Å²) in [5.41, 5.74) is 2.86. The molecule has 2 aromatic carbocycles. The van der Waals surface area contributed by atoms with Gasteiger partial charge >= 0.3 is 0 Å². The van der Waals surface area contributed by atoms with Crippen LogP contribution >= 0.6 is 23.4 Å². The normalized spacial score (nSPS) is 20.4. The second-order valence-electron chi connectivity index (χ2n) is 6.69. The van der Waals surface area contributed by atoms with Crippen LogP contribution in [0.4, 0.5) is 0 Å². The number of carbonyl (C=O) groups excluding carboxylic acids is 1. The molecule has 136 valence electrons. The lowest BCUT2D eigenvalue weighted by Crippen LogP contribution is -2.46. The molecule has 6 heteroatoms. The van der Waals surface area contributed by atoms with Crippen molar-refractivity contribution in [3.8, 4) is 6.07 Å². The fourth-order valence-corrected chi connectivity index (χ4v) is 4.79. The molecule has 0 radical (unpaired) electrons. The summed E-state index contributed by atoms with van der Waals surface area (Å²) < 4.78 is 0. The molecule has 2 heterocycles. The summed E-state index contributed by atoms with van der Waals surface area (Å²) >= 11 is 7.56. The fourth-order valence-electron chi connectivity index (χ4n) is 3.53. The van der Waals surface area contributed by atoms with Gasteiger partial charge in [-0.1, -0.05) is 65.8 Å². The van der Waals surface area contributed by atoms with E-state index in [0.717, 1.165) is 23.0 Å². The van der Waals surface area contributed by atoms with Crippen molar-refractivity contribution < 1.29 is 4.79 Å². The Morgan fingerprint density at radius 1 is 1.15 bits per heavy atom. The van der Waals surface area contributed by atoms with Crippen LogP contribution < -0.4 is 0 Å². The maximum Gasteiger partial charge on any atom is 0.229 e. The number of allylic oxidation sites excluding steroid dienone is 1. The quantitative estimate of drug-likeness (QED) is 0.764. The van der Waals surface area contributed by atoms with Crippen LogP contribution in [-0.4, -0.2) is 28.3 Å². The minimum atomic E-state index is -0.195. The van der Waals surface area contributed by atoms with Gasteiger partial charge in [0.05, 0.1) is 29.2 Å². The SMILES string of the molecule is N#CC1=C2SCN(Cc3ccccc3)CN2C(=O)C[C@H]1c1ccc(Cl)cc1. The zero-order valence-corrected chi connectivity index (χ0v) is 16.2. The molecule has 27 heavy (non-hydrogen) atoms. The molecule has 0 aliphatic carbocycles. The zero-order valence-electron chi connectivity index (χ0n) is 14.6. The molecular formula is C21H18ClN3OS. The van der Waals surface area contributed by atoms with Crippen LogP contribution in [0.15, 0.2) is 65.2 Å². The molecule has 2 aliphatic rings. The van der Waals surface area contributed by atoms with E-state index in [1.54, 1.807) is 16.7 Å². The molecule has 0 bridgehead atoms. The Hall–Kier alpha value is -2.26. The molecule has 1 amide bonds. The molecule has 1 atom stereocenters. The average molecular weight is 396 g/mol. The van der Waals surface area contributed by atoms with E-state index < -0.39 is 0 Å². The summed E-state index contributed by atoms with van der Waals surface area (Å²) in [5, 5.41) is 11.3. The Bertz CT molecular complexity index is 921. The van der Waals surface area contributed by atoms with Gasteiger partial charge in [0.15, 0.2) is 0 Å². The highest BCUT2D eigenvalue weighted by atomic mass is 35.5. The van der Waals surface area contributed by atoms with E-state index in [0.29, 0.717) is 23.7 Å². The predicted molar refractivity (Wildman–Crippen MR) is 108 cm³/mol. The Balaban J connectivity index is 1.59. The zero-order chi connectivity index (χ0) is 18.8. The minimum Gasteiger partial charge on any atom is -0.292 e. The van der Waals surface area contributed by atoms with Crippen molar-refractivity contribution in [2.45, 2.75) is 18.9 Å². The predicted octanol–water partition coefficient (Wildman–Crippen LogP) is 4.56. The number of hydrogen-bond acceptors (Lipinski definition) is 4. The standard InChI is InChI=1S/C21H18ClN3OS/c22-17-8-6-16(7-9-17)18-10-20(26)25-13-24(12-15-4-2-1-3-5-15)14-27-21(25)19(18)11-23/h1-9,18H,10,12-14H2/t18-/m0/s1. The van der Waals surface area contributed by atoms with E-state index in [2.05, 4.69) is 23.1 Å². The van der Waals surface area contributed by atoms with Crippen molar-refractivity contribution >= 4 is 29.3 Å².